The van der Waals surface area contributed by atoms with Gasteiger partial charge in [0.25, 0.3) is 0 Å². The Morgan fingerprint density at radius 2 is 2.21 bits per heavy atom. The first-order valence-electron chi connectivity index (χ1n) is 6.76. The predicted molar refractivity (Wildman–Crippen MR) is 72.1 cm³/mol. The summed E-state index contributed by atoms with van der Waals surface area (Å²) in [5.41, 5.74) is 0. The van der Waals surface area contributed by atoms with Gasteiger partial charge in [0.15, 0.2) is 0 Å². The minimum Gasteiger partial charge on any atom is -0.478 e. The molecular weight excluding hydrogens is 244 g/mol. The zero-order chi connectivity index (χ0) is 13.5. The molecule has 2 heterocycles. The van der Waals surface area contributed by atoms with Crippen LogP contribution in [0.1, 0.15) is 26.2 Å². The molecule has 1 fully saturated rings. The maximum atomic E-state index is 11.8. The zero-order valence-electron chi connectivity index (χ0n) is 11.3. The molecule has 1 aromatic heterocycles. The highest BCUT2D eigenvalue weighted by Gasteiger charge is 2.16. The Balaban J connectivity index is 1.75. The van der Waals surface area contributed by atoms with Crippen LogP contribution in [0.25, 0.3) is 0 Å². The molecule has 0 radical (unpaired) electrons. The van der Waals surface area contributed by atoms with Crippen LogP contribution in [0, 0.1) is 0 Å². The van der Waals surface area contributed by atoms with E-state index in [1.54, 1.807) is 6.07 Å². The SMILES string of the molecule is CCOc1cc(NCCC(=O)N2CCCC2)ncn1. The third kappa shape index (κ3) is 4.08. The standard InChI is InChI=1S/C13H20N4O2/c1-2-19-12-9-11(15-10-16-12)14-6-5-13(18)17-7-3-4-8-17/h9-10H,2-8H2,1H3,(H,14,15,16). The molecule has 1 aliphatic rings. The van der Waals surface area contributed by atoms with E-state index in [1.165, 1.54) is 6.33 Å². The lowest BCUT2D eigenvalue weighted by Crippen LogP contribution is -2.29. The van der Waals surface area contributed by atoms with Crippen molar-refractivity contribution in [2.45, 2.75) is 26.2 Å². The van der Waals surface area contributed by atoms with Crippen molar-refractivity contribution in [2.24, 2.45) is 0 Å². The number of nitrogens with one attached hydrogen (secondary N) is 1. The highest BCUT2D eigenvalue weighted by Crippen LogP contribution is 2.12. The minimum absolute atomic E-state index is 0.212. The Morgan fingerprint density at radius 3 is 2.95 bits per heavy atom. The molecule has 0 aromatic carbocycles. The van der Waals surface area contributed by atoms with E-state index in [2.05, 4.69) is 15.3 Å². The maximum absolute atomic E-state index is 11.8. The first kappa shape index (κ1) is 13.6. The number of hydrogen-bond acceptors (Lipinski definition) is 5. The van der Waals surface area contributed by atoms with E-state index in [0.717, 1.165) is 25.9 Å². The normalized spacial score (nSPS) is 14.5. The quantitative estimate of drug-likeness (QED) is 0.839. The number of likely N-dealkylation sites (tertiary alicyclic amines) is 1. The van der Waals surface area contributed by atoms with Gasteiger partial charge < -0.3 is 15.0 Å². The molecule has 6 nitrogen and oxygen atoms in total. The summed E-state index contributed by atoms with van der Waals surface area (Å²) in [6.07, 6.45) is 4.20. The summed E-state index contributed by atoms with van der Waals surface area (Å²) in [5, 5.41) is 3.12. The van der Waals surface area contributed by atoms with Crippen LogP contribution in [0.4, 0.5) is 5.82 Å². The van der Waals surface area contributed by atoms with Crippen LogP contribution < -0.4 is 10.1 Å². The first-order valence-corrected chi connectivity index (χ1v) is 6.76. The monoisotopic (exact) mass is 264 g/mol. The first-order chi connectivity index (χ1) is 9.29. The molecule has 1 saturated heterocycles. The molecule has 1 aliphatic heterocycles. The fourth-order valence-corrected chi connectivity index (χ4v) is 2.09. The molecule has 1 amide bonds. The average molecular weight is 264 g/mol. The Hall–Kier alpha value is -1.85. The van der Waals surface area contributed by atoms with Crippen molar-refractivity contribution in [2.75, 3.05) is 31.6 Å². The zero-order valence-corrected chi connectivity index (χ0v) is 11.3. The highest BCUT2D eigenvalue weighted by atomic mass is 16.5. The van der Waals surface area contributed by atoms with Gasteiger partial charge in [-0.15, -0.1) is 0 Å². The second-order valence-corrected chi connectivity index (χ2v) is 4.44. The van der Waals surface area contributed by atoms with Gasteiger partial charge in [0.05, 0.1) is 6.61 Å². The molecule has 104 valence electrons. The van der Waals surface area contributed by atoms with E-state index in [4.69, 9.17) is 4.74 Å². The third-order valence-electron chi connectivity index (χ3n) is 3.04. The molecule has 1 aromatic rings. The number of rotatable bonds is 6. The third-order valence-corrected chi connectivity index (χ3v) is 3.04. The number of hydrogen-bond donors (Lipinski definition) is 1. The Morgan fingerprint density at radius 1 is 1.42 bits per heavy atom. The smallest absolute Gasteiger partial charge is 0.224 e. The molecule has 6 heteroatoms. The largest absolute Gasteiger partial charge is 0.478 e. The Kier molecular flexibility index (Phi) is 4.94. The van der Waals surface area contributed by atoms with E-state index in [-0.39, 0.29) is 5.91 Å². The van der Waals surface area contributed by atoms with E-state index in [1.807, 2.05) is 11.8 Å². The summed E-state index contributed by atoms with van der Waals surface area (Å²) in [5.74, 6) is 1.45. The summed E-state index contributed by atoms with van der Waals surface area (Å²) < 4.78 is 5.29. The second kappa shape index (κ2) is 6.92. The van der Waals surface area contributed by atoms with Crippen LogP contribution in [0.5, 0.6) is 5.88 Å². The van der Waals surface area contributed by atoms with Crippen LogP contribution in [-0.4, -0.2) is 47.0 Å². The van der Waals surface area contributed by atoms with E-state index in [9.17, 15) is 4.79 Å². The van der Waals surface area contributed by atoms with Gasteiger partial charge in [-0.05, 0) is 19.8 Å². The van der Waals surface area contributed by atoms with Gasteiger partial charge in [-0.25, -0.2) is 9.97 Å². The van der Waals surface area contributed by atoms with Crippen molar-refractivity contribution in [3.05, 3.63) is 12.4 Å². The van der Waals surface area contributed by atoms with Crippen LogP contribution >= 0.6 is 0 Å². The summed E-state index contributed by atoms with van der Waals surface area (Å²) in [7, 11) is 0. The lowest BCUT2D eigenvalue weighted by molar-refractivity contribution is -0.129. The van der Waals surface area contributed by atoms with Crippen molar-refractivity contribution >= 4 is 11.7 Å². The minimum atomic E-state index is 0.212. The molecular formula is C13H20N4O2. The van der Waals surface area contributed by atoms with Crippen molar-refractivity contribution in [3.8, 4) is 5.88 Å². The number of amides is 1. The summed E-state index contributed by atoms with van der Waals surface area (Å²) in [4.78, 5) is 21.8. The second-order valence-electron chi connectivity index (χ2n) is 4.44. The predicted octanol–water partition coefficient (Wildman–Crippen LogP) is 1.30. The number of nitrogens with zero attached hydrogens (tertiary/aromatic N) is 3. The van der Waals surface area contributed by atoms with E-state index in [0.29, 0.717) is 31.3 Å². The Labute approximate surface area is 113 Å². The van der Waals surface area contributed by atoms with E-state index < -0.39 is 0 Å². The lowest BCUT2D eigenvalue weighted by atomic mass is 10.3. The molecule has 0 spiro atoms. The summed E-state index contributed by atoms with van der Waals surface area (Å²) in [6, 6.07) is 1.74. The fraction of sp³-hybridized carbons (Fsp3) is 0.615. The van der Waals surface area contributed by atoms with E-state index >= 15 is 0 Å². The molecule has 2 rings (SSSR count). The van der Waals surface area contributed by atoms with Crippen molar-refractivity contribution in [1.82, 2.24) is 14.9 Å². The van der Waals surface area contributed by atoms with Crippen LogP contribution in [-0.2, 0) is 4.79 Å². The number of anilines is 1. The number of aromatic nitrogens is 2. The van der Waals surface area contributed by atoms with Crippen LogP contribution in [0.15, 0.2) is 12.4 Å². The molecule has 0 bridgehead atoms. The highest BCUT2D eigenvalue weighted by molar-refractivity contribution is 5.76. The van der Waals surface area contributed by atoms with Gasteiger partial charge in [0.1, 0.15) is 12.1 Å². The van der Waals surface area contributed by atoms with Crippen molar-refractivity contribution in [1.29, 1.82) is 0 Å². The number of carbonyl (C=O) groups excluding carboxylic acids is 1. The summed E-state index contributed by atoms with van der Waals surface area (Å²) in [6.45, 7) is 4.87. The number of ether oxygens (including phenoxy) is 1. The topological polar surface area (TPSA) is 67.3 Å². The molecule has 19 heavy (non-hydrogen) atoms. The van der Waals surface area contributed by atoms with Crippen molar-refractivity contribution < 1.29 is 9.53 Å². The Bertz CT molecular complexity index is 419. The number of carbonyl (C=O) groups is 1. The van der Waals surface area contributed by atoms with Gasteiger partial charge in [0.2, 0.25) is 11.8 Å². The van der Waals surface area contributed by atoms with Gasteiger partial charge in [-0.1, -0.05) is 0 Å². The molecule has 0 aliphatic carbocycles. The van der Waals surface area contributed by atoms with Crippen LogP contribution in [0.3, 0.4) is 0 Å². The fourth-order valence-electron chi connectivity index (χ4n) is 2.09. The van der Waals surface area contributed by atoms with Gasteiger partial charge in [-0.3, -0.25) is 4.79 Å². The lowest BCUT2D eigenvalue weighted by Gasteiger charge is -2.15. The molecule has 0 atom stereocenters. The summed E-state index contributed by atoms with van der Waals surface area (Å²) >= 11 is 0. The van der Waals surface area contributed by atoms with Crippen LogP contribution in [0.2, 0.25) is 0 Å². The van der Waals surface area contributed by atoms with Crippen molar-refractivity contribution in [3.63, 3.8) is 0 Å². The maximum Gasteiger partial charge on any atom is 0.224 e. The molecule has 0 unspecified atom stereocenters. The average Bonchev–Trinajstić information content (AvgIpc) is 2.93. The van der Waals surface area contributed by atoms with Gasteiger partial charge >= 0.3 is 0 Å². The van der Waals surface area contributed by atoms with Gasteiger partial charge in [0, 0.05) is 32.1 Å². The molecule has 0 saturated carbocycles. The molecule has 1 N–H and O–H groups in total. The van der Waals surface area contributed by atoms with Gasteiger partial charge in [-0.2, -0.15) is 0 Å².